The molecule has 0 bridgehead atoms. The number of methoxy groups -OCH3 is 1. The molecular weight excluding hydrogens is 418 g/mol. The third-order valence-corrected chi connectivity index (χ3v) is 5.21. The van der Waals surface area contributed by atoms with Gasteiger partial charge in [0, 0.05) is 37.7 Å². The van der Waals surface area contributed by atoms with Crippen LogP contribution < -0.4 is 30.7 Å². The predicted octanol–water partition coefficient (Wildman–Crippen LogP) is 2.16. The number of ether oxygens (including phenoxy) is 2. The van der Waals surface area contributed by atoms with E-state index in [9.17, 15) is 4.79 Å². The topological polar surface area (TPSA) is 101 Å². The molecule has 1 aliphatic rings. The van der Waals surface area contributed by atoms with Crippen LogP contribution in [0.1, 0.15) is 12.0 Å². The molecule has 8 nitrogen and oxygen atoms in total. The van der Waals surface area contributed by atoms with Gasteiger partial charge in [-0.25, -0.2) is 0 Å². The van der Waals surface area contributed by atoms with Crippen LogP contribution >= 0.6 is 11.6 Å². The lowest BCUT2D eigenvalue weighted by Gasteiger charge is -2.22. The number of amides is 1. The Morgan fingerprint density at radius 3 is 2.90 bits per heavy atom. The number of aliphatic imine (C=N–C) groups is 1. The molecule has 1 saturated heterocycles. The van der Waals surface area contributed by atoms with Crippen molar-refractivity contribution in [1.82, 2.24) is 10.6 Å². The maximum Gasteiger partial charge on any atom is 0.255 e. The average molecular weight is 446 g/mol. The molecule has 31 heavy (non-hydrogen) atoms. The Bertz CT molecular complexity index is 937. The minimum atomic E-state index is -0.505. The van der Waals surface area contributed by atoms with Crippen molar-refractivity contribution in [3.63, 3.8) is 0 Å². The minimum absolute atomic E-state index is 0.143. The highest BCUT2D eigenvalue weighted by Gasteiger charge is 2.25. The van der Waals surface area contributed by atoms with Gasteiger partial charge in [0.05, 0.1) is 12.8 Å². The third kappa shape index (κ3) is 6.42. The number of nitrogens with zero attached hydrogens (tertiary/aromatic N) is 2. The van der Waals surface area contributed by atoms with Crippen LogP contribution in [0.2, 0.25) is 5.02 Å². The van der Waals surface area contributed by atoms with Crippen LogP contribution in [-0.2, 0) is 11.3 Å². The Kier molecular flexibility index (Phi) is 7.83. The lowest BCUT2D eigenvalue weighted by molar-refractivity contribution is -0.119. The normalized spacial score (nSPS) is 16.2. The number of hydrogen-bond acceptors (Lipinski definition) is 5. The molecule has 1 fully saturated rings. The van der Waals surface area contributed by atoms with E-state index in [4.69, 9.17) is 26.8 Å². The Morgan fingerprint density at radius 1 is 1.32 bits per heavy atom. The zero-order valence-electron chi connectivity index (χ0n) is 17.7. The van der Waals surface area contributed by atoms with Gasteiger partial charge in [-0.2, -0.15) is 0 Å². The van der Waals surface area contributed by atoms with Gasteiger partial charge in [-0.05, 0) is 42.3 Å². The smallest absolute Gasteiger partial charge is 0.255 e. The van der Waals surface area contributed by atoms with Gasteiger partial charge in [-0.3, -0.25) is 9.79 Å². The van der Waals surface area contributed by atoms with E-state index in [0.29, 0.717) is 23.3 Å². The number of carbonyl (C=O) groups excluding carboxylic acids is 1. The summed E-state index contributed by atoms with van der Waals surface area (Å²) in [6.45, 7) is 2.13. The number of nitrogens with two attached hydrogens (primary N) is 1. The lowest BCUT2D eigenvalue weighted by Crippen LogP contribution is -2.44. The third-order valence-electron chi connectivity index (χ3n) is 4.97. The van der Waals surface area contributed by atoms with Crippen molar-refractivity contribution in [3.8, 4) is 11.5 Å². The van der Waals surface area contributed by atoms with Crippen LogP contribution in [0.5, 0.6) is 11.5 Å². The van der Waals surface area contributed by atoms with Gasteiger partial charge in [0.1, 0.15) is 11.5 Å². The van der Waals surface area contributed by atoms with E-state index in [0.717, 1.165) is 36.5 Å². The molecule has 9 heteroatoms. The molecule has 0 aliphatic carbocycles. The van der Waals surface area contributed by atoms with Gasteiger partial charge in [0.2, 0.25) is 0 Å². The fourth-order valence-electron chi connectivity index (χ4n) is 3.48. The summed E-state index contributed by atoms with van der Waals surface area (Å²) in [5, 5.41) is 7.48. The van der Waals surface area contributed by atoms with E-state index in [2.05, 4.69) is 20.5 Å². The summed E-state index contributed by atoms with van der Waals surface area (Å²) in [5.41, 5.74) is 7.12. The number of rotatable bonds is 8. The van der Waals surface area contributed by atoms with Gasteiger partial charge in [-0.1, -0.05) is 23.7 Å². The first-order chi connectivity index (χ1) is 15.0. The van der Waals surface area contributed by atoms with Crippen molar-refractivity contribution in [3.05, 3.63) is 53.1 Å². The van der Waals surface area contributed by atoms with Gasteiger partial charge in [0.15, 0.2) is 12.6 Å². The summed E-state index contributed by atoms with van der Waals surface area (Å²) < 4.78 is 10.8. The molecule has 166 valence electrons. The van der Waals surface area contributed by atoms with Crippen LogP contribution in [0.25, 0.3) is 0 Å². The molecule has 1 unspecified atom stereocenters. The summed E-state index contributed by atoms with van der Waals surface area (Å²) in [4.78, 5) is 17.5. The largest absolute Gasteiger partial charge is 0.495 e. The van der Waals surface area contributed by atoms with Gasteiger partial charge < -0.3 is 30.7 Å². The summed E-state index contributed by atoms with van der Waals surface area (Å²) in [7, 11) is 3.41. The second kappa shape index (κ2) is 10.8. The standard InChI is InChI=1S/C22H28ClN5O3/c1-25-22(26-12-15-4-3-5-18(10-15)31-14-21(24)29)27-17-8-9-28(13-17)19-11-16(23)6-7-20(19)30-2/h3-7,10-11,17H,8-9,12-14H2,1-2H3,(H2,24,29)(H2,25,26,27). The average Bonchev–Trinajstić information content (AvgIpc) is 3.24. The molecule has 4 N–H and O–H groups in total. The van der Waals surface area contributed by atoms with Crippen LogP contribution in [-0.4, -0.2) is 51.8 Å². The molecule has 0 spiro atoms. The van der Waals surface area contributed by atoms with E-state index in [1.54, 1.807) is 20.2 Å². The van der Waals surface area contributed by atoms with Crippen molar-refractivity contribution in [1.29, 1.82) is 0 Å². The molecule has 0 saturated carbocycles. The summed E-state index contributed by atoms with van der Waals surface area (Å²) in [5.74, 6) is 1.62. The van der Waals surface area contributed by atoms with Crippen molar-refractivity contribution >= 4 is 29.2 Å². The Labute approximate surface area is 187 Å². The fourth-order valence-corrected chi connectivity index (χ4v) is 3.65. The van der Waals surface area contributed by atoms with Crippen molar-refractivity contribution in [2.75, 3.05) is 38.8 Å². The molecule has 2 aromatic rings. The molecule has 1 atom stereocenters. The van der Waals surface area contributed by atoms with Gasteiger partial charge in [-0.15, -0.1) is 0 Å². The van der Waals surface area contributed by atoms with Crippen LogP contribution in [0, 0.1) is 0 Å². The number of hydrogen-bond donors (Lipinski definition) is 3. The summed E-state index contributed by atoms with van der Waals surface area (Å²) in [6, 6.07) is 13.4. The highest BCUT2D eigenvalue weighted by Crippen LogP contribution is 2.33. The van der Waals surface area contributed by atoms with Crippen molar-refractivity contribution < 1.29 is 14.3 Å². The van der Waals surface area contributed by atoms with Crippen molar-refractivity contribution in [2.24, 2.45) is 10.7 Å². The molecular formula is C22H28ClN5O3. The van der Waals surface area contributed by atoms with E-state index < -0.39 is 5.91 Å². The molecule has 2 aromatic carbocycles. The number of benzene rings is 2. The molecule has 1 amide bonds. The molecule has 1 aliphatic heterocycles. The Morgan fingerprint density at radius 2 is 2.16 bits per heavy atom. The number of guanidine groups is 1. The monoisotopic (exact) mass is 445 g/mol. The Balaban J connectivity index is 1.54. The van der Waals surface area contributed by atoms with E-state index in [1.165, 1.54) is 0 Å². The number of carbonyl (C=O) groups is 1. The lowest BCUT2D eigenvalue weighted by atomic mass is 10.2. The summed E-state index contributed by atoms with van der Waals surface area (Å²) >= 11 is 6.18. The maximum absolute atomic E-state index is 10.9. The first-order valence-electron chi connectivity index (χ1n) is 10.0. The minimum Gasteiger partial charge on any atom is -0.495 e. The zero-order chi connectivity index (χ0) is 22.2. The molecule has 0 aromatic heterocycles. The highest BCUT2D eigenvalue weighted by atomic mass is 35.5. The van der Waals surface area contributed by atoms with E-state index in [-0.39, 0.29) is 12.6 Å². The van der Waals surface area contributed by atoms with Gasteiger partial charge in [0.25, 0.3) is 5.91 Å². The fraction of sp³-hybridized carbons (Fsp3) is 0.364. The zero-order valence-corrected chi connectivity index (χ0v) is 18.5. The second-order valence-corrected chi connectivity index (χ2v) is 7.66. The van der Waals surface area contributed by atoms with E-state index in [1.807, 2.05) is 36.4 Å². The maximum atomic E-state index is 10.9. The molecule has 0 radical (unpaired) electrons. The quantitative estimate of drug-likeness (QED) is 0.425. The predicted molar refractivity (Wildman–Crippen MR) is 123 cm³/mol. The first-order valence-corrected chi connectivity index (χ1v) is 10.4. The Hall–Kier alpha value is -3.13. The highest BCUT2D eigenvalue weighted by molar-refractivity contribution is 6.30. The number of nitrogens with one attached hydrogen (secondary N) is 2. The second-order valence-electron chi connectivity index (χ2n) is 7.22. The molecule has 3 rings (SSSR count). The molecule has 1 heterocycles. The SMILES string of the molecule is CN=C(NCc1cccc(OCC(N)=O)c1)NC1CCN(c2cc(Cl)ccc2OC)C1. The number of halogens is 1. The summed E-state index contributed by atoms with van der Waals surface area (Å²) in [6.07, 6.45) is 0.965. The number of primary amides is 1. The van der Waals surface area contributed by atoms with Crippen LogP contribution in [0.15, 0.2) is 47.5 Å². The first kappa shape index (κ1) is 22.6. The van der Waals surface area contributed by atoms with Crippen LogP contribution in [0.3, 0.4) is 0 Å². The van der Waals surface area contributed by atoms with Gasteiger partial charge >= 0.3 is 0 Å². The van der Waals surface area contributed by atoms with E-state index >= 15 is 0 Å². The number of anilines is 1. The van der Waals surface area contributed by atoms with Crippen LogP contribution in [0.4, 0.5) is 5.69 Å². The van der Waals surface area contributed by atoms with Crippen molar-refractivity contribution in [2.45, 2.75) is 19.0 Å².